The number of aromatic nitrogens is 1. The number of nitrogens with zero attached hydrogens (tertiary/aromatic N) is 1. The highest BCUT2D eigenvalue weighted by molar-refractivity contribution is 6.35. The Balaban J connectivity index is 2.16. The molecule has 1 saturated carbocycles. The maximum absolute atomic E-state index is 10.9. The van der Waals surface area contributed by atoms with Gasteiger partial charge in [0.1, 0.15) is 5.82 Å². The van der Waals surface area contributed by atoms with Gasteiger partial charge >= 0.3 is 5.97 Å². The Labute approximate surface area is 105 Å². The largest absolute Gasteiger partial charge is 0.478 e. The third kappa shape index (κ3) is 2.69. The van der Waals surface area contributed by atoms with Crippen LogP contribution in [0.1, 0.15) is 36.5 Å². The van der Waals surface area contributed by atoms with E-state index in [9.17, 15) is 4.79 Å². The summed E-state index contributed by atoms with van der Waals surface area (Å²) < 4.78 is 0. The molecular formula is C12H15ClN2O2. The van der Waals surface area contributed by atoms with Crippen LogP contribution in [0.5, 0.6) is 0 Å². The molecule has 4 nitrogen and oxygen atoms in total. The van der Waals surface area contributed by atoms with E-state index >= 15 is 0 Å². The summed E-state index contributed by atoms with van der Waals surface area (Å²) in [7, 11) is 0. The maximum atomic E-state index is 10.9. The van der Waals surface area contributed by atoms with Crippen molar-refractivity contribution in [2.24, 2.45) is 5.92 Å². The SMILES string of the molecule is CC1CCC(Nc2nccc(C(=O)O)c2Cl)C1. The molecule has 0 saturated heterocycles. The summed E-state index contributed by atoms with van der Waals surface area (Å²) in [4.78, 5) is 15.0. The molecule has 1 fully saturated rings. The van der Waals surface area contributed by atoms with Gasteiger partial charge in [0, 0.05) is 12.2 Å². The van der Waals surface area contributed by atoms with E-state index in [1.54, 1.807) is 0 Å². The number of carbonyl (C=O) groups is 1. The lowest BCUT2D eigenvalue weighted by atomic mass is 10.1. The van der Waals surface area contributed by atoms with Crippen molar-refractivity contribution in [3.05, 3.63) is 22.8 Å². The average molecular weight is 255 g/mol. The summed E-state index contributed by atoms with van der Waals surface area (Å²) in [5.74, 6) is 0.153. The Morgan fingerprint density at radius 3 is 2.94 bits per heavy atom. The van der Waals surface area contributed by atoms with Gasteiger partial charge in [-0.15, -0.1) is 0 Å². The van der Waals surface area contributed by atoms with E-state index < -0.39 is 5.97 Å². The number of nitrogens with one attached hydrogen (secondary N) is 1. The summed E-state index contributed by atoms with van der Waals surface area (Å²) in [6, 6.07) is 1.76. The number of hydrogen-bond donors (Lipinski definition) is 2. The second-order valence-electron chi connectivity index (χ2n) is 4.59. The molecule has 0 radical (unpaired) electrons. The van der Waals surface area contributed by atoms with Crippen LogP contribution in [-0.4, -0.2) is 22.1 Å². The smallest absolute Gasteiger partial charge is 0.337 e. The van der Waals surface area contributed by atoms with Crippen LogP contribution >= 0.6 is 11.6 Å². The number of halogens is 1. The van der Waals surface area contributed by atoms with Gasteiger partial charge in [-0.2, -0.15) is 0 Å². The molecule has 1 aliphatic carbocycles. The number of carboxylic acids is 1. The van der Waals surface area contributed by atoms with E-state index in [1.807, 2.05) is 0 Å². The van der Waals surface area contributed by atoms with E-state index in [-0.39, 0.29) is 10.6 Å². The van der Waals surface area contributed by atoms with E-state index in [4.69, 9.17) is 16.7 Å². The zero-order valence-electron chi connectivity index (χ0n) is 9.61. The second kappa shape index (κ2) is 4.92. The quantitative estimate of drug-likeness (QED) is 0.870. The van der Waals surface area contributed by atoms with Gasteiger partial charge in [0.2, 0.25) is 0 Å². The van der Waals surface area contributed by atoms with Crippen LogP contribution in [0, 0.1) is 5.92 Å². The predicted octanol–water partition coefficient (Wildman–Crippen LogP) is 3.03. The van der Waals surface area contributed by atoms with Crippen molar-refractivity contribution in [3.63, 3.8) is 0 Å². The van der Waals surface area contributed by atoms with E-state index in [1.165, 1.54) is 18.7 Å². The highest BCUT2D eigenvalue weighted by atomic mass is 35.5. The zero-order chi connectivity index (χ0) is 12.4. The number of carboxylic acid groups (broad SMARTS) is 1. The lowest BCUT2D eigenvalue weighted by Crippen LogP contribution is -2.17. The summed E-state index contributed by atoms with van der Waals surface area (Å²) >= 11 is 6.01. The molecule has 1 heterocycles. The molecule has 17 heavy (non-hydrogen) atoms. The van der Waals surface area contributed by atoms with Gasteiger partial charge in [-0.3, -0.25) is 0 Å². The van der Waals surface area contributed by atoms with Crippen molar-refractivity contribution in [2.45, 2.75) is 32.2 Å². The fourth-order valence-electron chi connectivity index (χ4n) is 2.24. The molecule has 92 valence electrons. The topological polar surface area (TPSA) is 62.2 Å². The van der Waals surface area contributed by atoms with Gasteiger partial charge in [0.25, 0.3) is 0 Å². The molecule has 1 aromatic rings. The van der Waals surface area contributed by atoms with Gasteiger partial charge in [-0.05, 0) is 31.2 Å². The average Bonchev–Trinajstić information content (AvgIpc) is 2.67. The lowest BCUT2D eigenvalue weighted by molar-refractivity contribution is 0.0697. The first-order valence-electron chi connectivity index (χ1n) is 5.72. The third-order valence-electron chi connectivity index (χ3n) is 3.16. The fraction of sp³-hybridized carbons (Fsp3) is 0.500. The van der Waals surface area contributed by atoms with Crippen LogP contribution in [0.25, 0.3) is 0 Å². The fourth-order valence-corrected chi connectivity index (χ4v) is 2.49. The monoisotopic (exact) mass is 254 g/mol. The Hall–Kier alpha value is -1.29. The minimum Gasteiger partial charge on any atom is -0.478 e. The van der Waals surface area contributed by atoms with Gasteiger partial charge in [-0.25, -0.2) is 9.78 Å². The van der Waals surface area contributed by atoms with Crippen LogP contribution in [0.4, 0.5) is 5.82 Å². The normalized spacial score (nSPS) is 23.6. The third-order valence-corrected chi connectivity index (χ3v) is 3.54. The van der Waals surface area contributed by atoms with Crippen LogP contribution in [0.3, 0.4) is 0 Å². The molecular weight excluding hydrogens is 240 g/mol. The molecule has 2 N–H and O–H groups in total. The standard InChI is InChI=1S/C12H15ClN2O2/c1-7-2-3-8(6-7)15-11-10(13)9(12(16)17)4-5-14-11/h4-5,7-8H,2-3,6H2,1H3,(H,14,15)(H,16,17). The van der Waals surface area contributed by atoms with E-state index in [0.29, 0.717) is 17.8 Å². The first-order valence-corrected chi connectivity index (χ1v) is 6.10. The summed E-state index contributed by atoms with van der Waals surface area (Å²) in [6.07, 6.45) is 4.82. The Bertz CT molecular complexity index is 437. The van der Waals surface area contributed by atoms with Crippen molar-refractivity contribution in [1.82, 2.24) is 4.98 Å². The molecule has 2 atom stereocenters. The minimum atomic E-state index is -1.03. The molecule has 5 heteroatoms. The predicted molar refractivity (Wildman–Crippen MR) is 66.6 cm³/mol. The second-order valence-corrected chi connectivity index (χ2v) is 4.96. The van der Waals surface area contributed by atoms with Gasteiger partial charge in [0.15, 0.2) is 0 Å². The van der Waals surface area contributed by atoms with E-state index in [2.05, 4.69) is 17.2 Å². The highest BCUT2D eigenvalue weighted by Gasteiger charge is 2.23. The van der Waals surface area contributed by atoms with Crippen LogP contribution in [0.2, 0.25) is 5.02 Å². The minimum absolute atomic E-state index is 0.0928. The van der Waals surface area contributed by atoms with Gasteiger partial charge in [-0.1, -0.05) is 18.5 Å². The van der Waals surface area contributed by atoms with Gasteiger partial charge < -0.3 is 10.4 Å². The zero-order valence-corrected chi connectivity index (χ0v) is 10.4. The molecule has 2 unspecified atom stereocenters. The molecule has 2 rings (SSSR count). The summed E-state index contributed by atoms with van der Waals surface area (Å²) in [5, 5.41) is 12.4. The number of pyridine rings is 1. The number of rotatable bonds is 3. The summed E-state index contributed by atoms with van der Waals surface area (Å²) in [5.41, 5.74) is 0.0928. The van der Waals surface area contributed by atoms with E-state index in [0.717, 1.165) is 12.8 Å². The van der Waals surface area contributed by atoms with Crippen LogP contribution in [0.15, 0.2) is 12.3 Å². The highest BCUT2D eigenvalue weighted by Crippen LogP contribution is 2.30. The van der Waals surface area contributed by atoms with Crippen LogP contribution < -0.4 is 5.32 Å². The van der Waals surface area contributed by atoms with Crippen molar-refractivity contribution in [1.29, 1.82) is 0 Å². The Morgan fingerprint density at radius 1 is 1.59 bits per heavy atom. The van der Waals surface area contributed by atoms with Crippen LogP contribution in [-0.2, 0) is 0 Å². The molecule has 0 spiro atoms. The molecule has 1 aromatic heterocycles. The first kappa shape index (κ1) is 12.2. The first-order chi connectivity index (χ1) is 8.08. The number of hydrogen-bond acceptors (Lipinski definition) is 3. The number of anilines is 1. The van der Waals surface area contributed by atoms with Crippen molar-refractivity contribution >= 4 is 23.4 Å². The maximum Gasteiger partial charge on any atom is 0.337 e. The molecule has 0 amide bonds. The van der Waals surface area contributed by atoms with Crippen molar-refractivity contribution in [2.75, 3.05) is 5.32 Å². The molecule has 0 aliphatic heterocycles. The van der Waals surface area contributed by atoms with Crippen molar-refractivity contribution < 1.29 is 9.90 Å². The Morgan fingerprint density at radius 2 is 2.35 bits per heavy atom. The lowest BCUT2D eigenvalue weighted by Gasteiger charge is -2.14. The molecule has 0 bridgehead atoms. The number of aromatic carboxylic acids is 1. The summed E-state index contributed by atoms with van der Waals surface area (Å²) in [6.45, 7) is 2.21. The molecule has 1 aliphatic rings. The van der Waals surface area contributed by atoms with Gasteiger partial charge in [0.05, 0.1) is 10.6 Å². The van der Waals surface area contributed by atoms with Crippen molar-refractivity contribution in [3.8, 4) is 0 Å². The Kier molecular flexibility index (Phi) is 3.52. The molecule has 0 aromatic carbocycles.